The van der Waals surface area contributed by atoms with E-state index in [0.29, 0.717) is 23.7 Å². The lowest BCUT2D eigenvalue weighted by Gasteiger charge is -2.08. The molecule has 8 aromatic rings. The van der Waals surface area contributed by atoms with E-state index in [2.05, 4.69) is 348 Å². The van der Waals surface area contributed by atoms with Crippen LogP contribution in [0.15, 0.2) is 49.6 Å². The fourth-order valence-corrected chi connectivity index (χ4v) is 14.3. The van der Waals surface area contributed by atoms with E-state index in [-0.39, 0.29) is 0 Å². The molecule has 8 heterocycles. The van der Waals surface area contributed by atoms with Crippen LogP contribution in [0.2, 0.25) is 0 Å². The monoisotopic (exact) mass is 1800 g/mol. The molecule has 0 radical (unpaired) electrons. The van der Waals surface area contributed by atoms with Gasteiger partial charge in [-0.2, -0.15) is 0 Å². The Bertz CT molecular complexity index is 3720. The van der Waals surface area contributed by atoms with Crippen LogP contribution in [0.3, 0.4) is 0 Å². The molecule has 0 amide bonds. The average Bonchev–Trinajstić information content (AvgIpc) is 1.76. The summed E-state index contributed by atoms with van der Waals surface area (Å²) in [5.74, 6) is 12.0. The van der Waals surface area contributed by atoms with Gasteiger partial charge in [-0.3, -0.25) is 18.7 Å². The number of unbranched alkanes of at least 4 members (excludes halogenated alkanes) is 4. The van der Waals surface area contributed by atoms with Crippen LogP contribution in [0, 0.1) is 94.7 Å². The lowest BCUT2D eigenvalue weighted by atomic mass is 10.0. The molecule has 0 saturated carbocycles. The lowest BCUT2D eigenvalue weighted by molar-refractivity contribution is 0.452. The van der Waals surface area contributed by atoms with E-state index in [1.54, 1.807) is 0 Å². The Morgan fingerprint density at radius 3 is 0.767 bits per heavy atom. The summed E-state index contributed by atoms with van der Waals surface area (Å²) in [4.78, 5) is 0. The fourth-order valence-electron chi connectivity index (χ4n) is 14.3. The summed E-state index contributed by atoms with van der Waals surface area (Å²) in [6.45, 7) is 80.0. The van der Waals surface area contributed by atoms with E-state index < -0.39 is 0 Å². The van der Waals surface area contributed by atoms with Crippen LogP contribution in [-0.4, -0.2) is 120 Å². The molecule has 24 nitrogen and oxygen atoms in total. The summed E-state index contributed by atoms with van der Waals surface area (Å²) in [5, 5.41) is 66.0. The highest BCUT2D eigenvalue weighted by Crippen LogP contribution is 2.19. The highest BCUT2D eigenvalue weighted by Gasteiger charge is 2.14. The van der Waals surface area contributed by atoms with E-state index in [9.17, 15) is 0 Å². The van der Waals surface area contributed by atoms with Crippen molar-refractivity contribution < 1.29 is 0 Å². The number of rotatable bonds is 57. The quantitative estimate of drug-likeness (QED) is 0.0322. The minimum absolute atomic E-state index is 0.634. The largest absolute Gasteiger partial charge is 0.252 e. The predicted molar refractivity (Wildman–Crippen MR) is 543 cm³/mol. The third kappa shape index (κ3) is 68.7. The minimum Gasteiger partial charge on any atom is -0.252 e. The Hall–Kier alpha value is -6.88. The zero-order valence-corrected chi connectivity index (χ0v) is 89.6. The Morgan fingerprint density at radius 1 is 0.186 bits per heavy atom. The maximum Gasteiger partial charge on any atom is 0.0829 e. The van der Waals surface area contributed by atoms with Crippen molar-refractivity contribution in [1.29, 1.82) is 0 Å². The molecule has 0 spiro atoms. The van der Waals surface area contributed by atoms with Gasteiger partial charge in [-0.15, -0.1) is 40.8 Å². The Kier molecular flexibility index (Phi) is 68.5. The molecular weight excluding hydrogens is 1600 g/mol. The average molecular weight is 1800 g/mol. The van der Waals surface area contributed by atoms with E-state index in [0.717, 1.165) is 198 Å². The van der Waals surface area contributed by atoms with E-state index in [4.69, 9.17) is 0 Å². The molecule has 742 valence electrons. The molecule has 0 fully saturated rings. The van der Waals surface area contributed by atoms with Crippen molar-refractivity contribution in [3.63, 3.8) is 0 Å². The second-order valence-corrected chi connectivity index (χ2v) is 43.9. The molecule has 0 atom stereocenters. The van der Waals surface area contributed by atoms with Crippen LogP contribution in [0.25, 0.3) is 0 Å². The van der Waals surface area contributed by atoms with Crippen molar-refractivity contribution in [2.75, 3.05) is 0 Å². The summed E-state index contributed by atoms with van der Waals surface area (Å²) in [5.41, 5.74) is 9.73. The summed E-state index contributed by atoms with van der Waals surface area (Å²) in [7, 11) is 0. The van der Waals surface area contributed by atoms with Gasteiger partial charge in [-0.1, -0.05) is 334 Å². The zero-order valence-electron chi connectivity index (χ0n) is 89.6. The normalized spacial score (nSPS) is 11.6. The SMILES string of the molecule is CC(C)CCCCc1cn(CC(C)C)nn1.CC(C)CCCCc1cnnn1CC(C)C.CC(C)CCCCc1cnnn1CCC(C)C.CC(C)CCCCc1cnnn1CCCC(C)C.CC(C)CCCc1cn(CC(C)C)nn1.CC(C)CCCc1cn(CCC(C)C)nn1.CC(C)CCCc1cnnn1CCC(C)C.CC(C)CCCn1cc(CC(C)C)nn1. The molecule has 0 bridgehead atoms. The summed E-state index contributed by atoms with van der Waals surface area (Å²) >= 11 is 0. The van der Waals surface area contributed by atoms with Crippen LogP contribution >= 0.6 is 0 Å². The van der Waals surface area contributed by atoms with Crippen LogP contribution in [0.4, 0.5) is 0 Å². The molecule has 8 rings (SSSR count). The molecule has 0 aliphatic rings. The van der Waals surface area contributed by atoms with Crippen molar-refractivity contribution in [2.24, 2.45) is 94.7 Å². The minimum atomic E-state index is 0.634. The third-order valence-electron chi connectivity index (χ3n) is 22.0. The van der Waals surface area contributed by atoms with Gasteiger partial charge >= 0.3 is 0 Å². The van der Waals surface area contributed by atoms with Gasteiger partial charge in [0.1, 0.15) is 0 Å². The molecule has 8 aromatic heterocycles. The fraction of sp³-hybridized carbons (Fsp3) is 0.848. The number of hydrogen-bond acceptors (Lipinski definition) is 16. The molecule has 0 aliphatic heterocycles. The molecule has 0 unspecified atom stereocenters. The van der Waals surface area contributed by atoms with Gasteiger partial charge in [0.25, 0.3) is 0 Å². The predicted octanol–water partition coefficient (Wildman–Crippen LogP) is 26.8. The van der Waals surface area contributed by atoms with Crippen molar-refractivity contribution in [3.8, 4) is 0 Å². The van der Waals surface area contributed by atoms with Crippen LogP contribution in [0.5, 0.6) is 0 Å². The Balaban J connectivity index is 0.000000738. The van der Waals surface area contributed by atoms with Gasteiger partial charge in [0.15, 0.2) is 0 Å². The van der Waals surface area contributed by atoms with Gasteiger partial charge in [-0.05, 0) is 236 Å². The third-order valence-corrected chi connectivity index (χ3v) is 22.0. The summed E-state index contributed by atoms with van der Waals surface area (Å²) in [6, 6.07) is 0. The smallest absolute Gasteiger partial charge is 0.0829 e. The van der Waals surface area contributed by atoms with E-state index in [1.165, 1.54) is 183 Å². The summed E-state index contributed by atoms with van der Waals surface area (Å²) < 4.78 is 16.2. The lowest BCUT2D eigenvalue weighted by Crippen LogP contribution is -2.10. The molecule has 24 heteroatoms. The van der Waals surface area contributed by atoms with Gasteiger partial charge in [0.2, 0.25) is 0 Å². The summed E-state index contributed by atoms with van der Waals surface area (Å²) in [6.07, 6.45) is 56.3. The van der Waals surface area contributed by atoms with Gasteiger partial charge in [0, 0.05) is 77.1 Å². The molecular formula is C105H202N24. The van der Waals surface area contributed by atoms with Crippen LogP contribution in [0.1, 0.15) is 428 Å². The number of hydrogen-bond donors (Lipinski definition) is 0. The first-order chi connectivity index (χ1) is 61.2. The maximum atomic E-state index is 4.20. The van der Waals surface area contributed by atoms with Gasteiger partial charge < -0.3 is 0 Å². The molecule has 0 aromatic carbocycles. The van der Waals surface area contributed by atoms with E-state index >= 15 is 0 Å². The number of nitrogens with zero attached hydrogens (tertiary/aromatic N) is 24. The van der Waals surface area contributed by atoms with Crippen molar-refractivity contribution in [1.82, 2.24) is 120 Å². The van der Waals surface area contributed by atoms with Crippen molar-refractivity contribution in [3.05, 3.63) is 95.1 Å². The highest BCUT2D eigenvalue weighted by molar-refractivity contribution is 4.99. The first-order valence-electron chi connectivity index (χ1n) is 52.2. The zero-order chi connectivity index (χ0) is 96.4. The standard InChI is InChI=1S/C15H29N3.C14H27N3.4C13H25N3.2C12H23N3/c1-13(2)8-5-6-10-15-12-16-17-18(15)11-7-9-14(3)4;1-12(2)7-5-6-8-14-11-15-16-17(14)10-9-13(3)4;1-11(2)6-5-7-13-10-16(15-14-13)9-8-12(3)4;1-11(2)6-5-7-13-10-14-15-16(13)9-8-12(3)4;1-11(2)7-5-6-8-13-9-14-15-16(13)10-12(3)4;1-11(2)7-5-6-8-13-10-16(15-14-13)9-12(3)4;1-10(2)6-5-7-15-9-12(13-14-15)8-11(3)4;1-10(2)6-5-7-12-9-15(14-13-12)8-11(3)4/h12-14H,5-11H2,1-4H3;11-13H,5-10H2,1-4H3;2*10-12H,5-9H2,1-4H3;9,11-12H,5-8,10H2,1-4H3;10-12H,5-9H2,1-4H3;2*9-11H,5-8H2,1-4H3. The Labute approximate surface area is 791 Å². The van der Waals surface area contributed by atoms with Crippen LogP contribution in [-0.2, 0) is 104 Å². The molecule has 0 aliphatic carbocycles. The second kappa shape index (κ2) is 73.6. The van der Waals surface area contributed by atoms with Gasteiger partial charge in [0.05, 0.1) is 70.3 Å². The van der Waals surface area contributed by atoms with E-state index in [1.807, 2.05) is 43.5 Å². The first kappa shape index (κ1) is 120. The van der Waals surface area contributed by atoms with Crippen molar-refractivity contribution in [2.45, 2.75) is 486 Å². The topological polar surface area (TPSA) is 246 Å². The number of aryl methyl sites for hydroxylation is 12. The number of aromatic nitrogens is 24. The van der Waals surface area contributed by atoms with Gasteiger partial charge in [-0.25, -0.2) is 18.7 Å². The molecule has 0 N–H and O–H groups in total. The Morgan fingerprint density at radius 2 is 0.426 bits per heavy atom. The highest BCUT2D eigenvalue weighted by atomic mass is 15.5. The van der Waals surface area contributed by atoms with Crippen molar-refractivity contribution >= 4 is 0 Å². The molecule has 129 heavy (non-hydrogen) atoms. The second-order valence-electron chi connectivity index (χ2n) is 43.9. The maximum absolute atomic E-state index is 4.20. The van der Waals surface area contributed by atoms with Crippen LogP contribution < -0.4 is 0 Å². The molecule has 0 saturated heterocycles. The first-order valence-corrected chi connectivity index (χ1v) is 52.2.